The highest BCUT2D eigenvalue weighted by atomic mass is 16.5. The number of pyridine rings is 1. The fraction of sp³-hybridized carbons (Fsp3) is 0.412. The fourth-order valence-electron chi connectivity index (χ4n) is 2.70. The summed E-state index contributed by atoms with van der Waals surface area (Å²) in [5.41, 5.74) is 1.09. The van der Waals surface area contributed by atoms with Crippen molar-refractivity contribution in [1.82, 2.24) is 9.88 Å². The van der Waals surface area contributed by atoms with Crippen molar-refractivity contribution < 1.29 is 18.7 Å². The molecule has 3 heterocycles. The van der Waals surface area contributed by atoms with Gasteiger partial charge in [-0.2, -0.15) is 0 Å². The van der Waals surface area contributed by atoms with Gasteiger partial charge in [0.25, 0.3) is 0 Å². The molecule has 0 aromatic carbocycles. The largest absolute Gasteiger partial charge is 0.481 e. The van der Waals surface area contributed by atoms with Crippen molar-refractivity contribution in [3.05, 3.63) is 48.0 Å². The van der Waals surface area contributed by atoms with Gasteiger partial charge in [-0.15, -0.1) is 0 Å². The van der Waals surface area contributed by atoms with Crippen LogP contribution in [-0.4, -0.2) is 48.6 Å². The predicted octanol–water partition coefficient (Wildman–Crippen LogP) is 2.16. The highest BCUT2D eigenvalue weighted by molar-refractivity contribution is 5.93. The zero-order valence-electron chi connectivity index (χ0n) is 13.1. The van der Waals surface area contributed by atoms with Crippen molar-refractivity contribution in [1.29, 1.82) is 0 Å². The number of hydrogen-bond acceptors (Lipinski definition) is 6. The Bertz CT molecular complexity index is 625. The minimum Gasteiger partial charge on any atom is -0.481 e. The van der Waals surface area contributed by atoms with E-state index in [0.717, 1.165) is 18.7 Å². The van der Waals surface area contributed by atoms with Gasteiger partial charge in [-0.1, -0.05) is 6.07 Å². The molecule has 1 atom stereocenters. The summed E-state index contributed by atoms with van der Waals surface area (Å²) in [5, 5.41) is 0. The molecule has 122 valence electrons. The molecule has 2 aromatic rings. The summed E-state index contributed by atoms with van der Waals surface area (Å²) in [6.45, 7) is 2.75. The third kappa shape index (κ3) is 3.97. The molecule has 0 N–H and O–H groups in total. The zero-order chi connectivity index (χ0) is 16.1. The number of hydrogen-bond donors (Lipinski definition) is 0. The number of nitrogens with zero attached hydrogens (tertiary/aromatic N) is 2. The van der Waals surface area contributed by atoms with Crippen LogP contribution in [0.1, 0.15) is 22.5 Å². The Kier molecular flexibility index (Phi) is 5.05. The first-order valence-corrected chi connectivity index (χ1v) is 7.63. The second-order valence-electron chi connectivity index (χ2n) is 5.51. The van der Waals surface area contributed by atoms with Crippen molar-refractivity contribution >= 4 is 5.78 Å². The van der Waals surface area contributed by atoms with Gasteiger partial charge in [-0.3, -0.25) is 9.69 Å². The van der Waals surface area contributed by atoms with Gasteiger partial charge in [0.2, 0.25) is 5.88 Å². The molecule has 1 saturated heterocycles. The number of rotatable bonds is 6. The van der Waals surface area contributed by atoms with E-state index in [1.807, 2.05) is 12.1 Å². The Morgan fingerprint density at radius 2 is 2.35 bits per heavy atom. The Labute approximate surface area is 135 Å². The van der Waals surface area contributed by atoms with Gasteiger partial charge in [-0.25, -0.2) is 4.98 Å². The summed E-state index contributed by atoms with van der Waals surface area (Å²) in [5.74, 6) is 1.00. The molecule has 0 saturated carbocycles. The van der Waals surface area contributed by atoms with Crippen LogP contribution in [0.15, 0.2) is 41.1 Å². The molecule has 1 aliphatic rings. The van der Waals surface area contributed by atoms with E-state index in [1.54, 1.807) is 25.4 Å². The van der Waals surface area contributed by atoms with Gasteiger partial charge in [0.1, 0.15) is 0 Å². The maximum Gasteiger partial charge on any atom is 0.212 e. The molecule has 6 nitrogen and oxygen atoms in total. The average molecular weight is 316 g/mol. The number of aromatic nitrogens is 1. The maximum absolute atomic E-state index is 12.3. The summed E-state index contributed by atoms with van der Waals surface area (Å²) >= 11 is 0. The number of methoxy groups -OCH3 is 1. The standard InChI is InChI=1S/C17H20N2O4/c1-21-17-5-4-13(10-18-17)11-19-6-8-22-12-14(19)9-15(20)16-3-2-7-23-16/h2-5,7,10,14H,6,8-9,11-12H2,1H3/t14-/m1/s1. The van der Waals surface area contributed by atoms with Crippen LogP contribution in [0, 0.1) is 0 Å². The SMILES string of the molecule is COc1ccc(CN2CCOC[C@H]2CC(=O)c2ccco2)cn1. The third-order valence-corrected chi connectivity index (χ3v) is 3.96. The molecule has 2 aromatic heterocycles. The molecule has 1 fully saturated rings. The molecule has 0 spiro atoms. The first-order chi connectivity index (χ1) is 11.3. The van der Waals surface area contributed by atoms with Gasteiger partial charge < -0.3 is 13.9 Å². The van der Waals surface area contributed by atoms with Crippen molar-refractivity contribution in [2.75, 3.05) is 26.9 Å². The lowest BCUT2D eigenvalue weighted by atomic mass is 10.1. The number of ketones is 1. The highest BCUT2D eigenvalue weighted by Gasteiger charge is 2.26. The van der Waals surface area contributed by atoms with Crippen LogP contribution in [0.2, 0.25) is 0 Å². The molecule has 0 bridgehead atoms. The Balaban J connectivity index is 1.64. The number of carbonyl (C=O) groups is 1. The topological polar surface area (TPSA) is 64.8 Å². The van der Waals surface area contributed by atoms with Crippen LogP contribution in [0.25, 0.3) is 0 Å². The van der Waals surface area contributed by atoms with E-state index in [1.165, 1.54) is 6.26 Å². The lowest BCUT2D eigenvalue weighted by molar-refractivity contribution is -0.0128. The Morgan fingerprint density at radius 1 is 1.43 bits per heavy atom. The summed E-state index contributed by atoms with van der Waals surface area (Å²) in [7, 11) is 1.60. The third-order valence-electron chi connectivity index (χ3n) is 3.96. The van der Waals surface area contributed by atoms with Crippen LogP contribution in [0.5, 0.6) is 5.88 Å². The first-order valence-electron chi connectivity index (χ1n) is 7.63. The molecule has 0 radical (unpaired) electrons. The van der Waals surface area contributed by atoms with Crippen LogP contribution in [-0.2, 0) is 11.3 Å². The van der Waals surface area contributed by atoms with E-state index >= 15 is 0 Å². The second-order valence-corrected chi connectivity index (χ2v) is 5.51. The number of morpholine rings is 1. The van der Waals surface area contributed by atoms with Gasteiger partial charge in [0.05, 0.1) is 26.6 Å². The average Bonchev–Trinajstić information content (AvgIpc) is 3.12. The Hall–Kier alpha value is -2.18. The van der Waals surface area contributed by atoms with E-state index in [4.69, 9.17) is 13.9 Å². The van der Waals surface area contributed by atoms with Crippen molar-refractivity contribution in [2.24, 2.45) is 0 Å². The number of furan rings is 1. The lowest BCUT2D eigenvalue weighted by Gasteiger charge is -2.35. The van der Waals surface area contributed by atoms with Crippen LogP contribution >= 0.6 is 0 Å². The fourth-order valence-corrected chi connectivity index (χ4v) is 2.70. The smallest absolute Gasteiger partial charge is 0.212 e. The molecular weight excluding hydrogens is 296 g/mol. The predicted molar refractivity (Wildman–Crippen MR) is 83.5 cm³/mol. The second kappa shape index (κ2) is 7.39. The van der Waals surface area contributed by atoms with E-state index in [-0.39, 0.29) is 11.8 Å². The van der Waals surface area contributed by atoms with Gasteiger partial charge in [-0.05, 0) is 17.7 Å². The summed E-state index contributed by atoms with van der Waals surface area (Å²) < 4.78 is 15.8. The summed E-state index contributed by atoms with van der Waals surface area (Å²) in [4.78, 5) is 18.7. The van der Waals surface area contributed by atoms with E-state index in [0.29, 0.717) is 31.3 Å². The zero-order valence-corrected chi connectivity index (χ0v) is 13.1. The number of carbonyl (C=O) groups excluding carboxylic acids is 1. The van der Waals surface area contributed by atoms with E-state index in [9.17, 15) is 4.79 Å². The van der Waals surface area contributed by atoms with Crippen molar-refractivity contribution in [2.45, 2.75) is 19.0 Å². The molecule has 3 rings (SSSR count). The van der Waals surface area contributed by atoms with Gasteiger partial charge in [0, 0.05) is 37.8 Å². The van der Waals surface area contributed by atoms with Gasteiger partial charge in [0.15, 0.2) is 11.5 Å². The molecule has 23 heavy (non-hydrogen) atoms. The minimum absolute atomic E-state index is 0.00311. The molecule has 0 aliphatic carbocycles. The molecular formula is C17H20N2O4. The van der Waals surface area contributed by atoms with Crippen LogP contribution in [0.3, 0.4) is 0 Å². The molecule has 0 unspecified atom stereocenters. The van der Waals surface area contributed by atoms with Gasteiger partial charge >= 0.3 is 0 Å². The Morgan fingerprint density at radius 3 is 3.04 bits per heavy atom. The van der Waals surface area contributed by atoms with Crippen LogP contribution < -0.4 is 4.74 Å². The molecule has 6 heteroatoms. The van der Waals surface area contributed by atoms with Crippen molar-refractivity contribution in [3.63, 3.8) is 0 Å². The van der Waals surface area contributed by atoms with Crippen molar-refractivity contribution in [3.8, 4) is 5.88 Å². The monoisotopic (exact) mass is 316 g/mol. The van der Waals surface area contributed by atoms with E-state index < -0.39 is 0 Å². The summed E-state index contributed by atoms with van der Waals surface area (Å²) in [6.07, 6.45) is 3.71. The summed E-state index contributed by atoms with van der Waals surface area (Å²) in [6, 6.07) is 7.31. The van der Waals surface area contributed by atoms with E-state index in [2.05, 4.69) is 9.88 Å². The number of ether oxygens (including phenoxy) is 2. The normalized spacial score (nSPS) is 18.7. The maximum atomic E-state index is 12.3. The molecule has 0 amide bonds. The number of Topliss-reactive ketones (excluding diaryl/α,β-unsaturated/α-hetero) is 1. The van der Waals surface area contributed by atoms with Crippen LogP contribution in [0.4, 0.5) is 0 Å². The molecule has 1 aliphatic heterocycles. The first kappa shape index (κ1) is 15.7. The highest BCUT2D eigenvalue weighted by Crippen LogP contribution is 2.18. The minimum atomic E-state index is 0.00311. The quantitative estimate of drug-likeness (QED) is 0.761. The lowest BCUT2D eigenvalue weighted by Crippen LogP contribution is -2.45.